The summed E-state index contributed by atoms with van der Waals surface area (Å²) in [6.07, 6.45) is 1.86. The topological polar surface area (TPSA) is 46.6 Å². The summed E-state index contributed by atoms with van der Waals surface area (Å²) >= 11 is 0. The Morgan fingerprint density at radius 1 is 0.880 bits per heavy atom. The van der Waals surface area contributed by atoms with Gasteiger partial charge in [0.05, 0.1) is 23.3 Å². The fourth-order valence-electron chi connectivity index (χ4n) is 3.15. The lowest BCUT2D eigenvalue weighted by molar-refractivity contribution is 0.0158. The van der Waals surface area contributed by atoms with Gasteiger partial charge in [0.2, 0.25) is 0 Å². The average molecular weight is 337 g/mol. The molecule has 0 unspecified atom stereocenters. The molecule has 0 atom stereocenters. The van der Waals surface area contributed by atoms with Crippen LogP contribution in [0.15, 0.2) is 54.6 Å². The van der Waals surface area contributed by atoms with Gasteiger partial charge in [-0.2, -0.15) is 0 Å². The first-order valence-electron chi connectivity index (χ1n) is 8.60. The van der Waals surface area contributed by atoms with E-state index >= 15 is 0 Å². The molecule has 0 bridgehead atoms. The molecule has 0 spiro atoms. The second-order valence-electron chi connectivity index (χ2n) is 6.95. The number of amides is 2. The zero-order valence-corrected chi connectivity index (χ0v) is 14.7. The van der Waals surface area contributed by atoms with Crippen molar-refractivity contribution in [1.82, 2.24) is 4.90 Å². The largest absolute Gasteiger partial charge is 0.379 e. The smallest absolute Gasteiger partial charge is 0.262 e. The highest BCUT2D eigenvalue weighted by Gasteiger charge is 2.43. The van der Waals surface area contributed by atoms with Crippen LogP contribution in [0.3, 0.4) is 0 Å². The van der Waals surface area contributed by atoms with Gasteiger partial charge < -0.3 is 4.74 Å². The van der Waals surface area contributed by atoms with Crippen LogP contribution >= 0.6 is 0 Å². The molecule has 0 aliphatic carbocycles. The standard InChI is InChI=1S/C21H23NO3/c1-21(2,15-25-14-8-11-16-9-4-3-5-10-16)22-19(23)17-12-6-7-13-18(17)20(22)24/h3-7,9-10,12-13H,8,11,14-15H2,1-2H3. The van der Waals surface area contributed by atoms with Crippen LogP contribution in [0.5, 0.6) is 0 Å². The Balaban J connectivity index is 1.54. The first kappa shape index (κ1) is 17.4. The number of ether oxygens (including phenoxy) is 1. The summed E-state index contributed by atoms with van der Waals surface area (Å²) in [5.41, 5.74) is 1.56. The van der Waals surface area contributed by atoms with Gasteiger partial charge in [0.25, 0.3) is 11.8 Å². The van der Waals surface area contributed by atoms with Crippen molar-refractivity contribution >= 4 is 11.8 Å². The summed E-state index contributed by atoms with van der Waals surface area (Å²) in [6, 6.07) is 17.2. The molecule has 4 nitrogen and oxygen atoms in total. The van der Waals surface area contributed by atoms with Gasteiger partial charge in [0, 0.05) is 6.61 Å². The average Bonchev–Trinajstić information content (AvgIpc) is 2.87. The molecule has 0 N–H and O–H groups in total. The number of hydrogen-bond acceptors (Lipinski definition) is 3. The Morgan fingerprint density at radius 3 is 2.04 bits per heavy atom. The number of carbonyl (C=O) groups excluding carboxylic acids is 2. The zero-order chi connectivity index (χ0) is 17.9. The van der Waals surface area contributed by atoms with Crippen molar-refractivity contribution in [2.75, 3.05) is 13.2 Å². The van der Waals surface area contributed by atoms with E-state index in [4.69, 9.17) is 4.74 Å². The molecule has 0 radical (unpaired) electrons. The Kier molecular flexibility index (Phi) is 5.00. The van der Waals surface area contributed by atoms with E-state index in [2.05, 4.69) is 12.1 Å². The molecule has 2 aromatic rings. The van der Waals surface area contributed by atoms with Gasteiger partial charge in [-0.1, -0.05) is 42.5 Å². The van der Waals surface area contributed by atoms with Gasteiger partial charge in [-0.15, -0.1) is 0 Å². The molecular formula is C21H23NO3. The van der Waals surface area contributed by atoms with Crippen molar-refractivity contribution in [2.45, 2.75) is 32.2 Å². The minimum absolute atomic E-state index is 0.238. The van der Waals surface area contributed by atoms with Gasteiger partial charge in [-0.25, -0.2) is 0 Å². The van der Waals surface area contributed by atoms with Crippen LogP contribution in [0.25, 0.3) is 0 Å². The maximum atomic E-state index is 12.6. The summed E-state index contributed by atoms with van der Waals surface area (Å²) in [7, 11) is 0. The lowest BCUT2D eigenvalue weighted by Gasteiger charge is -2.33. The highest BCUT2D eigenvalue weighted by Crippen LogP contribution is 2.29. The second-order valence-corrected chi connectivity index (χ2v) is 6.95. The van der Waals surface area contributed by atoms with Crippen molar-refractivity contribution in [3.63, 3.8) is 0 Å². The van der Waals surface area contributed by atoms with Crippen LogP contribution in [0.4, 0.5) is 0 Å². The Hall–Kier alpha value is -2.46. The number of imide groups is 1. The molecule has 0 fully saturated rings. The molecular weight excluding hydrogens is 314 g/mol. The minimum Gasteiger partial charge on any atom is -0.379 e. The lowest BCUT2D eigenvalue weighted by atomic mass is 10.0. The SMILES string of the molecule is CC(C)(COCCCc1ccccc1)N1C(=O)c2ccccc2C1=O. The van der Waals surface area contributed by atoms with E-state index in [0.29, 0.717) is 24.3 Å². The van der Waals surface area contributed by atoms with Crippen molar-refractivity contribution in [1.29, 1.82) is 0 Å². The normalized spacial score (nSPS) is 14.1. The predicted molar refractivity (Wildman–Crippen MR) is 96.6 cm³/mol. The first-order valence-corrected chi connectivity index (χ1v) is 8.60. The Bertz CT molecular complexity index is 733. The fraction of sp³-hybridized carbons (Fsp3) is 0.333. The number of nitrogens with zero attached hydrogens (tertiary/aromatic N) is 1. The molecule has 25 heavy (non-hydrogen) atoms. The van der Waals surface area contributed by atoms with E-state index in [0.717, 1.165) is 12.8 Å². The number of benzene rings is 2. The molecule has 0 aromatic heterocycles. The third-order valence-electron chi connectivity index (χ3n) is 4.45. The van der Waals surface area contributed by atoms with Crippen LogP contribution in [-0.2, 0) is 11.2 Å². The van der Waals surface area contributed by atoms with Gasteiger partial charge in [0.1, 0.15) is 0 Å². The molecule has 4 heteroatoms. The summed E-state index contributed by atoms with van der Waals surface area (Å²) in [4.78, 5) is 26.5. The van der Waals surface area contributed by atoms with Crippen LogP contribution in [0.2, 0.25) is 0 Å². The third-order valence-corrected chi connectivity index (χ3v) is 4.45. The highest BCUT2D eigenvalue weighted by atomic mass is 16.5. The van der Waals surface area contributed by atoms with E-state index in [9.17, 15) is 9.59 Å². The lowest BCUT2D eigenvalue weighted by Crippen LogP contribution is -2.50. The number of fused-ring (bicyclic) bond motifs is 1. The number of carbonyl (C=O) groups is 2. The third kappa shape index (κ3) is 3.64. The van der Waals surface area contributed by atoms with E-state index in [1.54, 1.807) is 24.3 Å². The molecule has 2 aromatic carbocycles. The first-order chi connectivity index (χ1) is 12.0. The molecule has 1 aliphatic rings. The molecule has 0 saturated carbocycles. The Labute approximate surface area is 148 Å². The minimum atomic E-state index is -0.681. The van der Waals surface area contributed by atoms with Crippen LogP contribution in [0, 0.1) is 0 Å². The van der Waals surface area contributed by atoms with Crippen molar-refractivity contribution in [3.8, 4) is 0 Å². The zero-order valence-electron chi connectivity index (χ0n) is 14.7. The molecule has 1 aliphatic heterocycles. The molecule has 130 valence electrons. The summed E-state index contributed by atoms with van der Waals surface area (Å²) < 4.78 is 5.78. The number of hydrogen-bond donors (Lipinski definition) is 0. The summed E-state index contributed by atoms with van der Waals surface area (Å²) in [5.74, 6) is -0.475. The predicted octanol–water partition coefficient (Wildman–Crippen LogP) is 3.71. The second kappa shape index (κ2) is 7.19. The van der Waals surface area contributed by atoms with Gasteiger partial charge in [-0.3, -0.25) is 14.5 Å². The molecule has 2 amide bonds. The van der Waals surface area contributed by atoms with E-state index < -0.39 is 5.54 Å². The van der Waals surface area contributed by atoms with E-state index in [1.165, 1.54) is 10.5 Å². The summed E-state index contributed by atoms with van der Waals surface area (Å²) in [5, 5.41) is 0. The van der Waals surface area contributed by atoms with Crippen LogP contribution in [-0.4, -0.2) is 35.5 Å². The fourth-order valence-corrected chi connectivity index (χ4v) is 3.15. The quantitative estimate of drug-likeness (QED) is 0.571. The Morgan fingerprint density at radius 2 is 1.44 bits per heavy atom. The molecule has 1 heterocycles. The number of aryl methyl sites for hydroxylation is 1. The molecule has 3 rings (SSSR count). The van der Waals surface area contributed by atoms with Gasteiger partial charge >= 0.3 is 0 Å². The maximum Gasteiger partial charge on any atom is 0.262 e. The summed E-state index contributed by atoms with van der Waals surface area (Å²) in [6.45, 7) is 4.66. The van der Waals surface area contributed by atoms with Crippen molar-refractivity contribution in [2.24, 2.45) is 0 Å². The van der Waals surface area contributed by atoms with E-state index in [1.807, 2.05) is 32.0 Å². The van der Waals surface area contributed by atoms with Crippen molar-refractivity contribution in [3.05, 3.63) is 71.3 Å². The van der Waals surface area contributed by atoms with Crippen molar-refractivity contribution < 1.29 is 14.3 Å². The molecule has 0 saturated heterocycles. The van der Waals surface area contributed by atoms with E-state index in [-0.39, 0.29) is 11.8 Å². The maximum absolute atomic E-state index is 12.6. The van der Waals surface area contributed by atoms with Crippen LogP contribution < -0.4 is 0 Å². The van der Waals surface area contributed by atoms with Gasteiger partial charge in [-0.05, 0) is 44.4 Å². The number of rotatable bonds is 7. The monoisotopic (exact) mass is 337 g/mol. The highest BCUT2D eigenvalue weighted by molar-refractivity contribution is 6.21. The van der Waals surface area contributed by atoms with Crippen LogP contribution in [0.1, 0.15) is 46.5 Å². The van der Waals surface area contributed by atoms with Gasteiger partial charge in [0.15, 0.2) is 0 Å².